The highest BCUT2D eigenvalue weighted by Gasteiger charge is 2.28. The smallest absolute Gasteiger partial charge is 0.254 e. The minimum Gasteiger partial charge on any atom is -0.387 e. The Morgan fingerprint density at radius 2 is 1.78 bits per heavy atom. The Labute approximate surface area is 136 Å². The third-order valence-electron chi connectivity index (χ3n) is 3.82. The van der Waals surface area contributed by atoms with E-state index in [1.54, 1.807) is 32.2 Å². The second kappa shape index (κ2) is 6.99. The molecule has 1 saturated heterocycles. The van der Waals surface area contributed by atoms with Crippen LogP contribution < -0.4 is 10.6 Å². The number of benzene rings is 1. The molecule has 0 saturated carbocycles. The number of nitrogens with one attached hydrogen (secondary N) is 2. The topological polar surface area (TPSA) is 95.6 Å². The molecule has 0 aromatic heterocycles. The van der Waals surface area contributed by atoms with Crippen LogP contribution in [0.4, 0.5) is 5.69 Å². The fourth-order valence-electron chi connectivity index (χ4n) is 2.44. The summed E-state index contributed by atoms with van der Waals surface area (Å²) in [7, 11) is -1.32. The van der Waals surface area contributed by atoms with E-state index in [9.17, 15) is 18.0 Å². The van der Waals surface area contributed by atoms with E-state index >= 15 is 0 Å². The van der Waals surface area contributed by atoms with Crippen molar-refractivity contribution in [2.24, 2.45) is 0 Å². The van der Waals surface area contributed by atoms with Crippen LogP contribution in [-0.2, 0) is 14.6 Å². The normalized spacial score (nSPS) is 18.1. The van der Waals surface area contributed by atoms with Gasteiger partial charge in [-0.25, -0.2) is 8.42 Å². The van der Waals surface area contributed by atoms with Gasteiger partial charge in [0.25, 0.3) is 5.91 Å². The summed E-state index contributed by atoms with van der Waals surface area (Å²) >= 11 is 0. The number of amides is 2. The zero-order chi connectivity index (χ0) is 17.0. The third-order valence-corrected chi connectivity index (χ3v) is 5.42. The molecular weight excluding hydrogens is 318 g/mol. The molecule has 0 spiro atoms. The molecule has 1 aliphatic heterocycles. The summed E-state index contributed by atoms with van der Waals surface area (Å²) < 4.78 is 22.8. The summed E-state index contributed by atoms with van der Waals surface area (Å²) in [5.41, 5.74) is 1.13. The molecule has 0 bridgehead atoms. The van der Waals surface area contributed by atoms with Crippen LogP contribution in [0.2, 0.25) is 0 Å². The van der Waals surface area contributed by atoms with Gasteiger partial charge in [-0.3, -0.25) is 9.59 Å². The summed E-state index contributed by atoms with van der Waals surface area (Å²) in [6.45, 7) is 1.95. The first-order valence-corrected chi connectivity index (χ1v) is 9.23. The van der Waals surface area contributed by atoms with E-state index in [1.807, 2.05) is 6.07 Å². The number of nitrogens with zero attached hydrogens (tertiary/aromatic N) is 1. The third kappa shape index (κ3) is 4.22. The average Bonchev–Trinajstić information content (AvgIpc) is 2.54. The van der Waals surface area contributed by atoms with Crippen LogP contribution in [0.15, 0.2) is 24.3 Å². The highest BCUT2D eigenvalue weighted by molar-refractivity contribution is 7.91. The van der Waals surface area contributed by atoms with Crippen LogP contribution in [0.25, 0.3) is 0 Å². The standard InChI is InChI=1S/C15H21N3O4S/c1-11(15(20)18-7-9-23(21,22)10-8-18)17-14(19)12-5-3-4-6-13(12)16-2/h3-6,11,16H,7-10H2,1-2H3,(H,17,19). The first kappa shape index (κ1) is 17.3. The molecular formula is C15H21N3O4S. The van der Waals surface area contributed by atoms with Gasteiger partial charge in [0.1, 0.15) is 6.04 Å². The quantitative estimate of drug-likeness (QED) is 0.811. The number of carbonyl (C=O) groups is 2. The number of hydrogen-bond acceptors (Lipinski definition) is 5. The van der Waals surface area contributed by atoms with Gasteiger partial charge in [-0.2, -0.15) is 0 Å². The molecule has 1 atom stereocenters. The van der Waals surface area contributed by atoms with Gasteiger partial charge in [0, 0.05) is 25.8 Å². The summed E-state index contributed by atoms with van der Waals surface area (Å²) in [4.78, 5) is 26.1. The molecule has 23 heavy (non-hydrogen) atoms. The van der Waals surface area contributed by atoms with Crippen LogP contribution in [0, 0.1) is 0 Å². The first-order valence-electron chi connectivity index (χ1n) is 7.41. The molecule has 1 fully saturated rings. The fourth-order valence-corrected chi connectivity index (χ4v) is 3.64. The van der Waals surface area contributed by atoms with Crippen LogP contribution >= 0.6 is 0 Å². The molecule has 1 unspecified atom stereocenters. The molecule has 1 heterocycles. The highest BCUT2D eigenvalue weighted by atomic mass is 32.2. The number of hydrogen-bond donors (Lipinski definition) is 2. The molecule has 126 valence electrons. The maximum Gasteiger partial charge on any atom is 0.254 e. The highest BCUT2D eigenvalue weighted by Crippen LogP contribution is 2.14. The Kier molecular flexibility index (Phi) is 5.25. The van der Waals surface area contributed by atoms with Crippen LogP contribution in [-0.4, -0.2) is 62.8 Å². The summed E-state index contributed by atoms with van der Waals surface area (Å²) in [6, 6.07) is 6.29. The monoisotopic (exact) mass is 339 g/mol. The van der Waals surface area contributed by atoms with Gasteiger partial charge in [0.2, 0.25) is 5.91 Å². The number of para-hydroxylation sites is 1. The number of anilines is 1. The average molecular weight is 339 g/mol. The zero-order valence-corrected chi connectivity index (χ0v) is 14.0. The van der Waals surface area contributed by atoms with Crippen molar-refractivity contribution >= 4 is 27.3 Å². The van der Waals surface area contributed by atoms with Crippen molar-refractivity contribution in [3.05, 3.63) is 29.8 Å². The van der Waals surface area contributed by atoms with Crippen molar-refractivity contribution in [2.45, 2.75) is 13.0 Å². The van der Waals surface area contributed by atoms with Crippen molar-refractivity contribution in [3.8, 4) is 0 Å². The van der Waals surface area contributed by atoms with Gasteiger partial charge in [-0.15, -0.1) is 0 Å². The minimum absolute atomic E-state index is 0.0258. The van der Waals surface area contributed by atoms with Crippen molar-refractivity contribution < 1.29 is 18.0 Å². The largest absolute Gasteiger partial charge is 0.387 e. The van der Waals surface area contributed by atoms with Crippen molar-refractivity contribution in [3.63, 3.8) is 0 Å². The number of rotatable bonds is 4. The van der Waals surface area contributed by atoms with Crippen molar-refractivity contribution in [1.29, 1.82) is 0 Å². The van der Waals surface area contributed by atoms with Crippen molar-refractivity contribution in [2.75, 3.05) is 37.0 Å². The molecule has 2 amide bonds. The summed E-state index contributed by atoms with van der Waals surface area (Å²) in [6.07, 6.45) is 0. The van der Waals surface area contributed by atoms with Crippen LogP contribution in [0.3, 0.4) is 0 Å². The number of carbonyl (C=O) groups excluding carboxylic acids is 2. The van der Waals surface area contributed by atoms with E-state index in [4.69, 9.17) is 0 Å². The maximum atomic E-state index is 12.3. The first-order chi connectivity index (χ1) is 10.8. The predicted octanol–water partition coefficient (Wildman–Crippen LogP) is 0.104. The van der Waals surface area contributed by atoms with Crippen LogP contribution in [0.1, 0.15) is 17.3 Å². The fraction of sp³-hybridized carbons (Fsp3) is 0.467. The molecule has 7 nitrogen and oxygen atoms in total. The molecule has 2 rings (SSSR count). The Morgan fingerprint density at radius 3 is 2.39 bits per heavy atom. The molecule has 1 aromatic carbocycles. The van der Waals surface area contributed by atoms with Gasteiger partial charge >= 0.3 is 0 Å². The van der Waals surface area contributed by atoms with E-state index in [0.717, 1.165) is 0 Å². The minimum atomic E-state index is -3.04. The van der Waals surface area contributed by atoms with E-state index in [-0.39, 0.29) is 36.4 Å². The molecule has 1 aromatic rings. The van der Waals surface area contributed by atoms with Gasteiger partial charge in [-0.1, -0.05) is 12.1 Å². The SMILES string of the molecule is CNc1ccccc1C(=O)NC(C)C(=O)N1CCS(=O)(=O)CC1. The Balaban J connectivity index is 1.99. The second-order valence-corrected chi connectivity index (χ2v) is 7.77. The lowest BCUT2D eigenvalue weighted by Crippen LogP contribution is -2.51. The van der Waals surface area contributed by atoms with Crippen LogP contribution in [0.5, 0.6) is 0 Å². The molecule has 1 aliphatic rings. The molecule has 2 N–H and O–H groups in total. The second-order valence-electron chi connectivity index (χ2n) is 5.47. The predicted molar refractivity (Wildman–Crippen MR) is 88.2 cm³/mol. The van der Waals surface area contributed by atoms with Gasteiger partial charge in [0.15, 0.2) is 9.84 Å². The summed E-state index contributed by atoms with van der Waals surface area (Å²) in [5, 5.41) is 5.60. The maximum absolute atomic E-state index is 12.3. The van der Waals surface area contributed by atoms with E-state index in [2.05, 4.69) is 10.6 Å². The van der Waals surface area contributed by atoms with E-state index in [0.29, 0.717) is 11.3 Å². The molecule has 8 heteroatoms. The van der Waals surface area contributed by atoms with Gasteiger partial charge < -0.3 is 15.5 Å². The number of sulfone groups is 1. The summed E-state index contributed by atoms with van der Waals surface area (Å²) in [5.74, 6) is -0.667. The molecule has 0 radical (unpaired) electrons. The van der Waals surface area contributed by atoms with E-state index in [1.165, 1.54) is 4.90 Å². The molecule has 0 aliphatic carbocycles. The lowest BCUT2D eigenvalue weighted by atomic mass is 10.1. The Morgan fingerprint density at radius 1 is 1.17 bits per heavy atom. The van der Waals surface area contributed by atoms with E-state index < -0.39 is 15.9 Å². The van der Waals surface area contributed by atoms with Crippen molar-refractivity contribution in [1.82, 2.24) is 10.2 Å². The van der Waals surface area contributed by atoms with Gasteiger partial charge in [-0.05, 0) is 19.1 Å². The Bertz CT molecular complexity index is 688. The Hall–Kier alpha value is -2.09. The lowest BCUT2D eigenvalue weighted by Gasteiger charge is -2.29. The van der Waals surface area contributed by atoms with Gasteiger partial charge in [0.05, 0.1) is 17.1 Å². The lowest BCUT2D eigenvalue weighted by molar-refractivity contribution is -0.132. The zero-order valence-electron chi connectivity index (χ0n) is 13.2.